The van der Waals surface area contributed by atoms with E-state index in [1.54, 1.807) is 12.1 Å². The van der Waals surface area contributed by atoms with Crippen LogP contribution in [0.2, 0.25) is 10.0 Å². The Labute approximate surface area is 127 Å². The molecule has 1 atom stereocenters. The van der Waals surface area contributed by atoms with Crippen molar-refractivity contribution in [3.63, 3.8) is 0 Å². The number of fused-ring (bicyclic) bond motifs is 1. The molecule has 20 heavy (non-hydrogen) atoms. The minimum absolute atomic E-state index is 0.229. The second kappa shape index (κ2) is 5.43. The fourth-order valence-corrected chi connectivity index (χ4v) is 2.67. The van der Waals surface area contributed by atoms with Gasteiger partial charge >= 0.3 is 0 Å². The Morgan fingerprint density at radius 1 is 1.10 bits per heavy atom. The number of rotatable bonds is 2. The van der Waals surface area contributed by atoms with Gasteiger partial charge in [0, 0.05) is 34.4 Å². The molecule has 0 bridgehead atoms. The second-order valence-electron chi connectivity index (χ2n) is 4.49. The summed E-state index contributed by atoms with van der Waals surface area (Å²) in [6, 6.07) is 11.1. The van der Waals surface area contributed by atoms with Gasteiger partial charge in [-0.15, -0.1) is 0 Å². The molecule has 2 aromatic rings. The summed E-state index contributed by atoms with van der Waals surface area (Å²) in [7, 11) is 1.86. The zero-order valence-electron chi connectivity index (χ0n) is 10.8. The van der Waals surface area contributed by atoms with Gasteiger partial charge in [0.2, 0.25) is 0 Å². The van der Waals surface area contributed by atoms with E-state index in [1.807, 2.05) is 31.3 Å². The van der Waals surface area contributed by atoms with Crippen LogP contribution in [0.4, 0.5) is 5.69 Å². The van der Waals surface area contributed by atoms with Crippen molar-refractivity contribution in [3.8, 4) is 11.5 Å². The molecule has 1 N–H and O–H groups in total. The highest BCUT2D eigenvalue weighted by Crippen LogP contribution is 2.39. The molecule has 0 radical (unpaired) electrons. The van der Waals surface area contributed by atoms with Crippen LogP contribution in [0, 0.1) is 0 Å². The fraction of sp³-hybridized carbons (Fsp3) is 0.200. The Morgan fingerprint density at radius 2 is 1.95 bits per heavy atom. The maximum absolute atomic E-state index is 6.21. The van der Waals surface area contributed by atoms with E-state index in [0.29, 0.717) is 22.4 Å². The number of anilines is 1. The lowest BCUT2D eigenvalue weighted by Gasteiger charge is -2.27. The van der Waals surface area contributed by atoms with Crippen molar-refractivity contribution in [2.24, 2.45) is 0 Å². The molecular weight excluding hydrogens is 297 g/mol. The first-order chi connectivity index (χ1) is 9.67. The van der Waals surface area contributed by atoms with Gasteiger partial charge in [0.1, 0.15) is 6.61 Å². The van der Waals surface area contributed by atoms with Gasteiger partial charge in [0.05, 0.1) is 0 Å². The molecule has 3 nitrogen and oxygen atoms in total. The number of benzene rings is 2. The van der Waals surface area contributed by atoms with Crippen LogP contribution in [-0.2, 0) is 0 Å². The molecule has 0 amide bonds. The molecule has 0 aliphatic carbocycles. The first-order valence-corrected chi connectivity index (χ1v) is 6.99. The number of nitrogens with one attached hydrogen (secondary N) is 1. The summed E-state index contributed by atoms with van der Waals surface area (Å²) in [5.41, 5.74) is 1.86. The molecule has 3 rings (SSSR count). The van der Waals surface area contributed by atoms with Crippen LogP contribution in [-0.4, -0.2) is 13.7 Å². The van der Waals surface area contributed by atoms with Crippen molar-refractivity contribution in [2.75, 3.05) is 19.0 Å². The van der Waals surface area contributed by atoms with E-state index < -0.39 is 0 Å². The maximum Gasteiger partial charge on any atom is 0.163 e. The number of halogens is 2. The molecule has 0 aromatic heterocycles. The average molecular weight is 310 g/mol. The number of hydrogen-bond acceptors (Lipinski definition) is 3. The third kappa shape index (κ3) is 2.51. The Hall–Kier alpha value is -1.58. The maximum atomic E-state index is 6.21. The van der Waals surface area contributed by atoms with Gasteiger partial charge in [-0.25, -0.2) is 0 Å². The molecule has 1 aliphatic heterocycles. The van der Waals surface area contributed by atoms with Crippen molar-refractivity contribution >= 4 is 28.9 Å². The van der Waals surface area contributed by atoms with Gasteiger partial charge < -0.3 is 14.8 Å². The molecule has 0 spiro atoms. The average Bonchev–Trinajstić information content (AvgIpc) is 2.46. The number of hydrogen-bond donors (Lipinski definition) is 1. The van der Waals surface area contributed by atoms with Gasteiger partial charge in [0.15, 0.2) is 17.6 Å². The summed E-state index contributed by atoms with van der Waals surface area (Å²) >= 11 is 12.1. The van der Waals surface area contributed by atoms with E-state index in [4.69, 9.17) is 32.7 Å². The van der Waals surface area contributed by atoms with Crippen molar-refractivity contribution in [1.82, 2.24) is 0 Å². The molecular formula is C15H13Cl2NO2. The molecule has 5 heteroatoms. The molecule has 1 heterocycles. The van der Waals surface area contributed by atoms with Gasteiger partial charge in [-0.3, -0.25) is 0 Å². The lowest BCUT2D eigenvalue weighted by molar-refractivity contribution is 0.0914. The quantitative estimate of drug-likeness (QED) is 0.883. The molecule has 0 saturated carbocycles. The first kappa shape index (κ1) is 13.4. The third-order valence-electron chi connectivity index (χ3n) is 3.20. The van der Waals surface area contributed by atoms with Crippen molar-refractivity contribution < 1.29 is 9.47 Å². The first-order valence-electron chi connectivity index (χ1n) is 6.23. The Kier molecular flexibility index (Phi) is 3.64. The fourth-order valence-electron chi connectivity index (χ4n) is 2.14. The summed E-state index contributed by atoms with van der Waals surface area (Å²) in [6.07, 6.45) is -0.229. The van der Waals surface area contributed by atoms with E-state index in [-0.39, 0.29) is 6.10 Å². The summed E-state index contributed by atoms with van der Waals surface area (Å²) < 4.78 is 11.7. The zero-order chi connectivity index (χ0) is 14.1. The third-order valence-corrected chi connectivity index (χ3v) is 3.76. The van der Waals surface area contributed by atoms with Crippen LogP contribution in [0.5, 0.6) is 11.5 Å². The lowest BCUT2D eigenvalue weighted by atomic mass is 10.1. The normalized spacial score (nSPS) is 16.9. The Bertz CT molecular complexity index is 646. The molecule has 1 unspecified atom stereocenters. The van der Waals surface area contributed by atoms with Crippen LogP contribution in [0.3, 0.4) is 0 Å². The molecule has 0 saturated heterocycles. The predicted molar refractivity (Wildman–Crippen MR) is 81.3 cm³/mol. The van der Waals surface area contributed by atoms with E-state index in [9.17, 15) is 0 Å². The predicted octanol–water partition coefficient (Wildman–Crippen LogP) is 4.55. The van der Waals surface area contributed by atoms with Crippen molar-refractivity contribution in [1.29, 1.82) is 0 Å². The van der Waals surface area contributed by atoms with E-state index in [0.717, 1.165) is 17.0 Å². The highest BCUT2D eigenvalue weighted by Gasteiger charge is 2.24. The van der Waals surface area contributed by atoms with E-state index in [2.05, 4.69) is 5.32 Å². The Morgan fingerprint density at radius 3 is 2.70 bits per heavy atom. The van der Waals surface area contributed by atoms with E-state index in [1.165, 1.54) is 0 Å². The van der Waals surface area contributed by atoms with Gasteiger partial charge in [-0.05, 0) is 24.3 Å². The van der Waals surface area contributed by atoms with Crippen molar-refractivity contribution in [3.05, 3.63) is 52.0 Å². The van der Waals surface area contributed by atoms with Crippen LogP contribution < -0.4 is 14.8 Å². The summed E-state index contributed by atoms with van der Waals surface area (Å²) in [4.78, 5) is 0. The lowest BCUT2D eigenvalue weighted by Crippen LogP contribution is -2.21. The van der Waals surface area contributed by atoms with Crippen LogP contribution >= 0.6 is 23.2 Å². The zero-order valence-corrected chi connectivity index (χ0v) is 12.3. The summed E-state index contributed by atoms with van der Waals surface area (Å²) in [5.74, 6) is 1.45. The van der Waals surface area contributed by atoms with E-state index >= 15 is 0 Å². The molecule has 104 valence electrons. The van der Waals surface area contributed by atoms with Crippen LogP contribution in [0.15, 0.2) is 36.4 Å². The van der Waals surface area contributed by atoms with Crippen LogP contribution in [0.25, 0.3) is 0 Å². The van der Waals surface area contributed by atoms with Gasteiger partial charge in [0.25, 0.3) is 0 Å². The van der Waals surface area contributed by atoms with Crippen LogP contribution in [0.1, 0.15) is 11.7 Å². The highest BCUT2D eigenvalue weighted by molar-refractivity contribution is 6.35. The van der Waals surface area contributed by atoms with Crippen molar-refractivity contribution in [2.45, 2.75) is 6.10 Å². The minimum atomic E-state index is -0.229. The molecule has 0 fully saturated rings. The topological polar surface area (TPSA) is 30.5 Å². The van der Waals surface area contributed by atoms with Gasteiger partial charge in [-0.1, -0.05) is 29.3 Å². The molecule has 2 aromatic carbocycles. The monoisotopic (exact) mass is 309 g/mol. The highest BCUT2D eigenvalue weighted by atomic mass is 35.5. The van der Waals surface area contributed by atoms with Gasteiger partial charge in [-0.2, -0.15) is 0 Å². The Balaban J connectivity index is 1.88. The largest absolute Gasteiger partial charge is 0.485 e. The SMILES string of the molecule is CNc1ccc2c(c1)OCC(c1ccc(Cl)cc1Cl)O2. The summed E-state index contributed by atoms with van der Waals surface area (Å²) in [6.45, 7) is 0.418. The smallest absolute Gasteiger partial charge is 0.163 e. The second-order valence-corrected chi connectivity index (χ2v) is 5.34. The minimum Gasteiger partial charge on any atom is -0.485 e. The standard InChI is InChI=1S/C15H13Cl2NO2/c1-18-10-3-5-13-14(7-10)19-8-15(20-13)11-4-2-9(16)6-12(11)17/h2-7,15,18H,8H2,1H3. The molecule has 1 aliphatic rings. The summed E-state index contributed by atoms with van der Waals surface area (Å²) in [5, 5.41) is 4.25. The number of ether oxygens (including phenoxy) is 2.